The van der Waals surface area contributed by atoms with Gasteiger partial charge in [-0.15, -0.1) is 5.11 Å². The van der Waals surface area contributed by atoms with Crippen molar-refractivity contribution in [2.24, 2.45) is 10.2 Å². The summed E-state index contributed by atoms with van der Waals surface area (Å²) in [4.78, 5) is 0. The topological polar surface area (TPSA) is 109 Å². The summed E-state index contributed by atoms with van der Waals surface area (Å²) < 4.78 is 39.1. The van der Waals surface area contributed by atoms with E-state index in [1.54, 1.807) is 19.1 Å². The first-order valence-electron chi connectivity index (χ1n) is 7.99. The summed E-state index contributed by atoms with van der Waals surface area (Å²) >= 11 is 0. The van der Waals surface area contributed by atoms with Crippen molar-refractivity contribution in [2.45, 2.75) is 33.2 Å². The number of rotatable bonds is 9. The fraction of sp³-hybridized carbons (Fsp3) is 0.438. The van der Waals surface area contributed by atoms with Crippen molar-refractivity contribution in [1.82, 2.24) is 9.78 Å². The van der Waals surface area contributed by atoms with Gasteiger partial charge in [0.15, 0.2) is 0 Å². The SMILES string of the molecule is CCCCOc1ccc(N=Nc2cnn(CCS(=O)(=O)[O-])c2C)cc1.[Na+]. The van der Waals surface area contributed by atoms with Crippen molar-refractivity contribution in [1.29, 1.82) is 0 Å². The molecule has 1 heterocycles. The minimum absolute atomic E-state index is 0. The molecule has 0 N–H and O–H groups in total. The molecule has 26 heavy (non-hydrogen) atoms. The molecule has 0 spiro atoms. The average molecular weight is 388 g/mol. The zero-order valence-corrected chi connectivity index (χ0v) is 18.1. The number of benzene rings is 1. The van der Waals surface area contributed by atoms with E-state index in [4.69, 9.17) is 4.74 Å². The number of nitrogens with zero attached hydrogens (tertiary/aromatic N) is 4. The maximum Gasteiger partial charge on any atom is 1.00 e. The summed E-state index contributed by atoms with van der Waals surface area (Å²) in [6.45, 7) is 4.53. The van der Waals surface area contributed by atoms with Gasteiger partial charge in [0.25, 0.3) is 0 Å². The molecule has 0 radical (unpaired) electrons. The first-order chi connectivity index (χ1) is 11.9. The fourth-order valence-electron chi connectivity index (χ4n) is 2.01. The summed E-state index contributed by atoms with van der Waals surface area (Å²) in [6, 6.07) is 7.27. The van der Waals surface area contributed by atoms with Crippen molar-refractivity contribution < 1.29 is 47.3 Å². The van der Waals surface area contributed by atoms with E-state index in [1.807, 2.05) is 12.1 Å². The molecule has 0 atom stereocenters. The first kappa shape index (κ1) is 22.8. The Bertz CT molecular complexity index is 819. The molecule has 2 aromatic rings. The molecule has 0 saturated heterocycles. The van der Waals surface area contributed by atoms with Crippen LogP contribution < -0.4 is 34.3 Å². The maximum atomic E-state index is 10.7. The molecule has 0 bridgehead atoms. The van der Waals surface area contributed by atoms with Crippen molar-refractivity contribution in [2.75, 3.05) is 12.4 Å². The molecule has 0 fully saturated rings. The van der Waals surface area contributed by atoms with Crippen molar-refractivity contribution in [3.05, 3.63) is 36.2 Å². The molecule has 0 aliphatic rings. The van der Waals surface area contributed by atoms with Gasteiger partial charge in [-0.3, -0.25) is 4.68 Å². The van der Waals surface area contributed by atoms with Gasteiger partial charge < -0.3 is 9.29 Å². The van der Waals surface area contributed by atoms with Crippen LogP contribution >= 0.6 is 0 Å². The number of ether oxygens (including phenoxy) is 1. The number of unbranched alkanes of at least 4 members (excludes halogenated alkanes) is 1. The van der Waals surface area contributed by atoms with Crippen LogP contribution in [0.15, 0.2) is 40.7 Å². The maximum absolute atomic E-state index is 10.7. The monoisotopic (exact) mass is 388 g/mol. The Kier molecular flexibility index (Phi) is 9.45. The second kappa shape index (κ2) is 10.8. The molecule has 136 valence electrons. The second-order valence-electron chi connectivity index (χ2n) is 5.50. The molecule has 0 saturated carbocycles. The summed E-state index contributed by atoms with van der Waals surface area (Å²) in [5.41, 5.74) is 1.83. The predicted octanol–water partition coefficient (Wildman–Crippen LogP) is 0.335. The summed E-state index contributed by atoms with van der Waals surface area (Å²) in [6.07, 6.45) is 3.58. The van der Waals surface area contributed by atoms with Crippen LogP contribution in [0.3, 0.4) is 0 Å². The van der Waals surface area contributed by atoms with Gasteiger partial charge in [-0.2, -0.15) is 10.2 Å². The van der Waals surface area contributed by atoms with Crippen molar-refractivity contribution in [3.8, 4) is 5.75 Å². The summed E-state index contributed by atoms with van der Waals surface area (Å²) in [5, 5.41) is 12.3. The van der Waals surface area contributed by atoms with Gasteiger partial charge in [-0.1, -0.05) is 13.3 Å². The molecule has 8 nitrogen and oxygen atoms in total. The standard InChI is InChI=1S/C16H22N4O4S.Na/c1-3-4-10-24-15-7-5-14(6-8-15)18-19-16-12-17-20(13(16)2)9-11-25(21,22)23;/h5-8,12H,3-4,9-11H2,1-2H3,(H,21,22,23);/q;+1/p-1. The summed E-state index contributed by atoms with van der Waals surface area (Å²) in [5.74, 6) is 0.279. The van der Waals surface area contributed by atoms with Crippen LogP contribution in [0.25, 0.3) is 0 Å². The van der Waals surface area contributed by atoms with Gasteiger partial charge in [0.05, 0.1) is 46.6 Å². The van der Waals surface area contributed by atoms with Gasteiger partial charge in [-0.05, 0) is 37.6 Å². The van der Waals surface area contributed by atoms with E-state index in [0.29, 0.717) is 23.7 Å². The molecule has 0 unspecified atom stereocenters. The van der Waals surface area contributed by atoms with Crippen LogP contribution in [0.4, 0.5) is 11.4 Å². The predicted molar refractivity (Wildman–Crippen MR) is 92.5 cm³/mol. The average Bonchev–Trinajstić information content (AvgIpc) is 2.92. The van der Waals surface area contributed by atoms with Gasteiger partial charge in [0.1, 0.15) is 11.4 Å². The Morgan fingerprint density at radius 2 is 1.92 bits per heavy atom. The van der Waals surface area contributed by atoms with Crippen molar-refractivity contribution in [3.63, 3.8) is 0 Å². The number of azo groups is 1. The van der Waals surface area contributed by atoms with E-state index < -0.39 is 15.9 Å². The number of aromatic nitrogens is 2. The largest absolute Gasteiger partial charge is 1.00 e. The number of aryl methyl sites for hydroxylation is 1. The Morgan fingerprint density at radius 3 is 2.54 bits per heavy atom. The van der Waals surface area contributed by atoms with E-state index in [1.165, 1.54) is 10.9 Å². The Morgan fingerprint density at radius 1 is 1.23 bits per heavy atom. The molecule has 0 aliphatic carbocycles. The van der Waals surface area contributed by atoms with E-state index in [2.05, 4.69) is 22.3 Å². The smallest absolute Gasteiger partial charge is 0.748 e. The molecule has 1 aromatic heterocycles. The van der Waals surface area contributed by atoms with E-state index >= 15 is 0 Å². The third kappa shape index (κ3) is 7.55. The minimum atomic E-state index is -4.27. The molecule has 0 aliphatic heterocycles. The van der Waals surface area contributed by atoms with Gasteiger partial charge in [-0.25, -0.2) is 8.42 Å². The fourth-order valence-corrected chi connectivity index (χ4v) is 2.41. The van der Waals surface area contributed by atoms with Crippen molar-refractivity contribution >= 4 is 21.5 Å². The molecule has 10 heteroatoms. The van der Waals surface area contributed by atoms with E-state index in [0.717, 1.165) is 18.6 Å². The Hall–Kier alpha value is -1.26. The molecular formula is C16H21N4NaO4S. The van der Waals surface area contributed by atoms with Crippen LogP contribution in [0.2, 0.25) is 0 Å². The molecular weight excluding hydrogens is 367 g/mol. The normalized spacial score (nSPS) is 11.5. The third-order valence-electron chi connectivity index (χ3n) is 3.51. The van der Waals surface area contributed by atoms with Crippen LogP contribution in [-0.4, -0.2) is 35.1 Å². The Balaban J connectivity index is 0.00000338. The van der Waals surface area contributed by atoms with E-state index in [-0.39, 0.29) is 36.1 Å². The Labute approximate surface area is 175 Å². The number of hydrogen-bond acceptors (Lipinski definition) is 7. The first-order valence-corrected chi connectivity index (χ1v) is 9.57. The van der Waals surface area contributed by atoms with Crippen LogP contribution in [0.1, 0.15) is 25.5 Å². The van der Waals surface area contributed by atoms with E-state index in [9.17, 15) is 13.0 Å². The minimum Gasteiger partial charge on any atom is -0.748 e. The summed E-state index contributed by atoms with van der Waals surface area (Å²) in [7, 11) is -4.27. The quantitative estimate of drug-likeness (QED) is 0.266. The second-order valence-corrected chi connectivity index (χ2v) is 7.02. The molecule has 1 aromatic carbocycles. The van der Waals surface area contributed by atoms with Gasteiger partial charge >= 0.3 is 29.6 Å². The van der Waals surface area contributed by atoms with Crippen LogP contribution in [-0.2, 0) is 16.7 Å². The zero-order valence-electron chi connectivity index (χ0n) is 15.3. The van der Waals surface area contributed by atoms with Gasteiger partial charge in [0, 0.05) is 0 Å². The van der Waals surface area contributed by atoms with Crippen LogP contribution in [0, 0.1) is 6.92 Å². The molecule has 0 amide bonds. The zero-order chi connectivity index (χ0) is 18.3. The third-order valence-corrected chi connectivity index (χ3v) is 4.19. The van der Waals surface area contributed by atoms with Gasteiger partial charge in [0.2, 0.25) is 0 Å². The van der Waals surface area contributed by atoms with Crippen LogP contribution in [0.5, 0.6) is 5.75 Å². The molecule has 2 rings (SSSR count). The number of hydrogen-bond donors (Lipinski definition) is 0.